The molecule has 6 nitrogen and oxygen atoms in total. The molecule has 1 aliphatic rings. The molecule has 1 aromatic carbocycles. The summed E-state index contributed by atoms with van der Waals surface area (Å²) in [5.74, 6) is 1.60. The van der Waals surface area contributed by atoms with Crippen LogP contribution in [-0.4, -0.2) is 47.7 Å². The Morgan fingerprint density at radius 1 is 1.29 bits per heavy atom. The molecule has 0 radical (unpaired) electrons. The van der Waals surface area contributed by atoms with E-state index in [9.17, 15) is 9.59 Å². The molecule has 7 heteroatoms. The van der Waals surface area contributed by atoms with Crippen LogP contribution in [0.2, 0.25) is 0 Å². The fraction of sp³-hybridized carbons (Fsp3) is 0.529. The number of carbonyl (C=O) groups is 2. The molecule has 132 valence electrons. The van der Waals surface area contributed by atoms with Gasteiger partial charge >= 0.3 is 6.09 Å². The number of alkyl carbamates (subject to hydrolysis) is 1. The van der Waals surface area contributed by atoms with E-state index in [1.165, 1.54) is 0 Å². The highest BCUT2D eigenvalue weighted by Crippen LogP contribution is 2.16. The largest absolute Gasteiger partial charge is 0.445 e. The Kier molecular flexibility index (Phi) is 7.91. The zero-order valence-electron chi connectivity index (χ0n) is 13.8. The van der Waals surface area contributed by atoms with Crippen LogP contribution < -0.4 is 11.1 Å². The fourth-order valence-electron chi connectivity index (χ4n) is 2.47. The molecule has 1 atom stereocenters. The molecule has 0 bridgehead atoms. The molecular weight excluding hydrogens is 326 g/mol. The van der Waals surface area contributed by atoms with Gasteiger partial charge in [-0.15, -0.1) is 11.8 Å². The highest BCUT2D eigenvalue weighted by atomic mass is 32.2. The van der Waals surface area contributed by atoms with E-state index in [-0.39, 0.29) is 12.5 Å². The smallest absolute Gasteiger partial charge is 0.408 e. The zero-order valence-corrected chi connectivity index (χ0v) is 14.6. The molecule has 0 aliphatic carbocycles. The average molecular weight is 351 g/mol. The summed E-state index contributed by atoms with van der Waals surface area (Å²) in [6.07, 6.45) is 1.65. The molecule has 1 saturated heterocycles. The van der Waals surface area contributed by atoms with Crippen LogP contribution >= 0.6 is 11.8 Å². The topological polar surface area (TPSA) is 84.7 Å². The quantitative estimate of drug-likeness (QED) is 0.699. The van der Waals surface area contributed by atoms with Crippen molar-refractivity contribution in [3.63, 3.8) is 0 Å². The van der Waals surface area contributed by atoms with Crippen molar-refractivity contribution in [2.75, 3.05) is 24.7 Å². The van der Waals surface area contributed by atoms with Gasteiger partial charge in [0, 0.05) is 12.3 Å². The Morgan fingerprint density at radius 3 is 2.75 bits per heavy atom. The van der Waals surface area contributed by atoms with E-state index in [4.69, 9.17) is 10.5 Å². The number of rotatable bonds is 8. The predicted molar refractivity (Wildman–Crippen MR) is 95.5 cm³/mol. The molecule has 0 aromatic heterocycles. The van der Waals surface area contributed by atoms with E-state index < -0.39 is 12.1 Å². The third kappa shape index (κ3) is 6.05. The van der Waals surface area contributed by atoms with Gasteiger partial charge in [-0.05, 0) is 31.4 Å². The molecule has 1 aliphatic heterocycles. The SMILES string of the molecule is NCCCCC(NC(=O)OCc1ccccc1)C(=O)N1CCSC1. The minimum Gasteiger partial charge on any atom is -0.445 e. The van der Waals surface area contributed by atoms with Crippen LogP contribution in [0.3, 0.4) is 0 Å². The first-order chi connectivity index (χ1) is 11.7. The summed E-state index contributed by atoms with van der Waals surface area (Å²) in [4.78, 5) is 26.4. The standard InChI is InChI=1S/C17H25N3O3S/c18-9-5-4-8-15(16(21)20-10-11-24-13-20)19-17(22)23-12-14-6-2-1-3-7-14/h1-3,6-7,15H,4-5,8-13,18H2,(H,19,22). The van der Waals surface area contributed by atoms with Gasteiger partial charge in [-0.1, -0.05) is 30.3 Å². The Morgan fingerprint density at radius 2 is 2.08 bits per heavy atom. The number of nitrogens with zero attached hydrogens (tertiary/aromatic N) is 1. The molecule has 1 unspecified atom stereocenters. The number of benzene rings is 1. The number of thioether (sulfide) groups is 1. The van der Waals surface area contributed by atoms with Gasteiger partial charge in [0.25, 0.3) is 0 Å². The summed E-state index contributed by atoms with van der Waals surface area (Å²) in [7, 11) is 0. The van der Waals surface area contributed by atoms with Gasteiger partial charge in [0.1, 0.15) is 12.6 Å². The highest BCUT2D eigenvalue weighted by Gasteiger charge is 2.28. The maximum Gasteiger partial charge on any atom is 0.408 e. The molecule has 2 amide bonds. The van der Waals surface area contributed by atoms with Crippen molar-refractivity contribution in [1.29, 1.82) is 0 Å². The summed E-state index contributed by atoms with van der Waals surface area (Å²) in [6, 6.07) is 8.92. The van der Waals surface area contributed by atoms with E-state index in [0.29, 0.717) is 18.8 Å². The number of hydrogen-bond donors (Lipinski definition) is 2. The van der Waals surface area contributed by atoms with Crippen LogP contribution in [0.25, 0.3) is 0 Å². The third-order valence-corrected chi connectivity index (χ3v) is 4.78. The Labute approximate surface area is 147 Å². The van der Waals surface area contributed by atoms with Gasteiger partial charge in [-0.25, -0.2) is 4.79 Å². The van der Waals surface area contributed by atoms with E-state index >= 15 is 0 Å². The maximum atomic E-state index is 12.6. The minimum atomic E-state index is -0.559. The monoisotopic (exact) mass is 351 g/mol. The maximum absolute atomic E-state index is 12.6. The summed E-state index contributed by atoms with van der Waals surface area (Å²) in [6.45, 7) is 1.51. The second-order valence-corrected chi connectivity index (χ2v) is 6.76. The molecule has 0 spiro atoms. The summed E-state index contributed by atoms with van der Waals surface area (Å²) in [5, 5.41) is 2.72. The second-order valence-electron chi connectivity index (χ2n) is 5.68. The number of carbonyl (C=O) groups excluding carboxylic acids is 2. The van der Waals surface area contributed by atoms with Gasteiger partial charge in [0.15, 0.2) is 0 Å². The lowest BCUT2D eigenvalue weighted by atomic mass is 10.1. The van der Waals surface area contributed by atoms with Gasteiger partial charge in [0.2, 0.25) is 5.91 Å². The Bertz CT molecular complexity index is 521. The van der Waals surface area contributed by atoms with E-state index in [2.05, 4.69) is 5.32 Å². The van der Waals surface area contributed by atoms with Gasteiger partial charge in [-0.2, -0.15) is 0 Å². The van der Waals surface area contributed by atoms with Crippen molar-refractivity contribution >= 4 is 23.8 Å². The number of hydrogen-bond acceptors (Lipinski definition) is 5. The number of nitrogens with two attached hydrogens (primary N) is 1. The first kappa shape index (κ1) is 18.6. The number of nitrogens with one attached hydrogen (secondary N) is 1. The van der Waals surface area contributed by atoms with Gasteiger partial charge in [-0.3, -0.25) is 4.79 Å². The van der Waals surface area contributed by atoms with Crippen molar-refractivity contribution in [2.24, 2.45) is 5.73 Å². The summed E-state index contributed by atoms with van der Waals surface area (Å²) < 4.78 is 5.23. The Balaban J connectivity index is 1.85. The van der Waals surface area contributed by atoms with Crippen molar-refractivity contribution in [2.45, 2.75) is 31.9 Å². The summed E-state index contributed by atoms with van der Waals surface area (Å²) >= 11 is 1.72. The van der Waals surface area contributed by atoms with Crippen molar-refractivity contribution in [3.8, 4) is 0 Å². The number of ether oxygens (including phenoxy) is 1. The van der Waals surface area contributed by atoms with Crippen LogP contribution in [0.4, 0.5) is 4.79 Å². The van der Waals surface area contributed by atoms with Gasteiger partial charge < -0.3 is 20.7 Å². The van der Waals surface area contributed by atoms with E-state index in [0.717, 1.165) is 30.7 Å². The molecule has 3 N–H and O–H groups in total. The van der Waals surface area contributed by atoms with E-state index in [1.54, 1.807) is 16.7 Å². The van der Waals surface area contributed by atoms with E-state index in [1.807, 2.05) is 30.3 Å². The molecule has 1 aromatic rings. The van der Waals surface area contributed by atoms with Crippen molar-refractivity contribution in [1.82, 2.24) is 10.2 Å². The lowest BCUT2D eigenvalue weighted by molar-refractivity contribution is -0.132. The second kappa shape index (κ2) is 10.2. The van der Waals surface area contributed by atoms with Crippen molar-refractivity contribution < 1.29 is 14.3 Å². The van der Waals surface area contributed by atoms with Gasteiger partial charge in [0.05, 0.1) is 5.88 Å². The number of amides is 2. The zero-order chi connectivity index (χ0) is 17.2. The summed E-state index contributed by atoms with van der Waals surface area (Å²) in [5.41, 5.74) is 6.43. The first-order valence-corrected chi connectivity index (χ1v) is 9.40. The molecule has 24 heavy (non-hydrogen) atoms. The number of unbranched alkanes of at least 4 members (excludes halogenated alkanes) is 1. The van der Waals surface area contributed by atoms with Crippen LogP contribution in [0.1, 0.15) is 24.8 Å². The lowest BCUT2D eigenvalue weighted by Gasteiger charge is -2.23. The average Bonchev–Trinajstić information content (AvgIpc) is 3.14. The minimum absolute atomic E-state index is 0.0336. The molecular formula is C17H25N3O3S. The lowest BCUT2D eigenvalue weighted by Crippen LogP contribution is -2.47. The van der Waals surface area contributed by atoms with Crippen LogP contribution in [0.5, 0.6) is 0 Å². The fourth-order valence-corrected chi connectivity index (χ4v) is 3.42. The Hall–Kier alpha value is -1.73. The van der Waals surface area contributed by atoms with Crippen LogP contribution in [-0.2, 0) is 16.1 Å². The predicted octanol–water partition coefficient (Wildman–Crippen LogP) is 1.94. The third-order valence-electron chi connectivity index (χ3n) is 3.81. The molecule has 2 rings (SSSR count). The molecule has 1 heterocycles. The highest BCUT2D eigenvalue weighted by molar-refractivity contribution is 7.99. The molecule has 1 fully saturated rings. The first-order valence-electron chi connectivity index (χ1n) is 8.24. The van der Waals surface area contributed by atoms with Crippen LogP contribution in [0, 0.1) is 0 Å². The molecule has 0 saturated carbocycles. The normalized spacial score (nSPS) is 15.1. The van der Waals surface area contributed by atoms with Crippen LogP contribution in [0.15, 0.2) is 30.3 Å². The van der Waals surface area contributed by atoms with Crippen molar-refractivity contribution in [3.05, 3.63) is 35.9 Å².